The highest BCUT2D eigenvalue weighted by molar-refractivity contribution is 6.06. The average molecular weight is 443 g/mol. The predicted octanol–water partition coefficient (Wildman–Crippen LogP) is 1.49. The molecule has 0 spiro atoms. The number of benzene rings is 1. The van der Waals surface area contributed by atoms with Crippen LogP contribution in [0, 0.1) is 23.7 Å². The molecule has 2 saturated heterocycles. The number of hydrogen-bond acceptors (Lipinski definition) is 7. The highest BCUT2D eigenvalue weighted by Crippen LogP contribution is 2.49. The number of carbonyl (C=O) groups is 2. The average Bonchev–Trinajstić information content (AvgIpc) is 3.40. The molecule has 0 bridgehead atoms. The third-order valence-electron chi connectivity index (χ3n) is 7.54. The van der Waals surface area contributed by atoms with Crippen LogP contribution in [0.1, 0.15) is 37.7 Å². The molecule has 4 aliphatic rings. The number of amides is 2. The van der Waals surface area contributed by atoms with Gasteiger partial charge in [-0.05, 0) is 31.2 Å². The summed E-state index contributed by atoms with van der Waals surface area (Å²) in [6, 6.07) is 9.67. The summed E-state index contributed by atoms with van der Waals surface area (Å²) in [5.74, 6) is -2.22. The van der Waals surface area contributed by atoms with Crippen LogP contribution in [0.2, 0.25) is 0 Å². The molecule has 2 amide bonds. The minimum absolute atomic E-state index is 0.107. The Bertz CT molecular complexity index is 884. The Kier molecular flexibility index (Phi) is 6.01. The van der Waals surface area contributed by atoms with Crippen LogP contribution in [0.4, 0.5) is 0 Å². The van der Waals surface area contributed by atoms with E-state index in [1.165, 1.54) is 4.90 Å². The fourth-order valence-corrected chi connectivity index (χ4v) is 5.98. The maximum atomic E-state index is 13.3. The van der Waals surface area contributed by atoms with Crippen LogP contribution in [0.25, 0.3) is 0 Å². The zero-order valence-corrected chi connectivity index (χ0v) is 18.0. The summed E-state index contributed by atoms with van der Waals surface area (Å²) < 4.78 is 5.64. The van der Waals surface area contributed by atoms with E-state index >= 15 is 0 Å². The Balaban J connectivity index is 1.35. The van der Waals surface area contributed by atoms with Gasteiger partial charge in [0.05, 0.1) is 42.4 Å². The molecule has 0 radical (unpaired) electrons. The Labute approximate surface area is 187 Å². The number of ether oxygens (including phenoxy) is 1. The van der Waals surface area contributed by atoms with Crippen molar-refractivity contribution in [3.05, 3.63) is 35.9 Å². The van der Waals surface area contributed by atoms with Crippen LogP contribution >= 0.6 is 0 Å². The maximum absolute atomic E-state index is 13.3. The number of carbonyl (C=O) groups excluding carboxylic acids is 2. The number of likely N-dealkylation sites (tertiary alicyclic amines) is 1. The van der Waals surface area contributed by atoms with Gasteiger partial charge in [-0.15, -0.1) is 0 Å². The van der Waals surface area contributed by atoms with Gasteiger partial charge in [0.2, 0.25) is 11.8 Å². The van der Waals surface area contributed by atoms with E-state index in [0.717, 1.165) is 18.4 Å². The second kappa shape index (κ2) is 8.92. The van der Waals surface area contributed by atoms with Crippen molar-refractivity contribution < 1.29 is 29.4 Å². The molecule has 2 N–H and O–H groups in total. The van der Waals surface area contributed by atoms with Crippen LogP contribution in [0.3, 0.4) is 0 Å². The zero-order chi connectivity index (χ0) is 22.2. The number of hydrogen-bond donors (Lipinski definition) is 2. The summed E-state index contributed by atoms with van der Waals surface area (Å²) in [5.41, 5.74) is 1.65. The third kappa shape index (κ3) is 3.84. The second-order valence-electron chi connectivity index (χ2n) is 9.42. The van der Waals surface area contributed by atoms with Crippen molar-refractivity contribution in [2.75, 3.05) is 13.2 Å². The van der Waals surface area contributed by atoms with Crippen LogP contribution < -0.4 is 0 Å². The number of fused-ring (bicyclic) bond motifs is 3. The molecule has 5 rings (SSSR count). The highest BCUT2D eigenvalue weighted by atomic mass is 16.6. The van der Waals surface area contributed by atoms with Gasteiger partial charge >= 0.3 is 0 Å². The number of aliphatic hydroxyl groups is 2. The third-order valence-corrected chi connectivity index (χ3v) is 7.54. The van der Waals surface area contributed by atoms with E-state index in [9.17, 15) is 19.8 Å². The van der Waals surface area contributed by atoms with Gasteiger partial charge in [0.25, 0.3) is 0 Å². The highest BCUT2D eigenvalue weighted by Gasteiger charge is 2.59. The lowest BCUT2D eigenvalue weighted by Gasteiger charge is -2.45. The van der Waals surface area contributed by atoms with Gasteiger partial charge in [0.1, 0.15) is 6.61 Å². The lowest BCUT2D eigenvalue weighted by Crippen LogP contribution is -2.54. The summed E-state index contributed by atoms with van der Waals surface area (Å²) in [5, 5.41) is 25.7. The van der Waals surface area contributed by atoms with E-state index < -0.39 is 30.0 Å². The van der Waals surface area contributed by atoms with E-state index in [2.05, 4.69) is 5.16 Å². The van der Waals surface area contributed by atoms with Crippen LogP contribution in [-0.4, -0.2) is 64.1 Å². The molecule has 0 unspecified atom stereocenters. The molecule has 1 aromatic rings. The molecule has 2 heterocycles. The largest absolute Gasteiger partial charge is 0.391 e. The van der Waals surface area contributed by atoms with E-state index in [4.69, 9.17) is 9.57 Å². The first kappa shape index (κ1) is 21.6. The van der Waals surface area contributed by atoms with Gasteiger partial charge < -0.3 is 19.8 Å². The first-order valence-corrected chi connectivity index (χ1v) is 11.6. The number of nitrogens with zero attached hydrogens (tertiary/aromatic N) is 2. The molecular formula is C24H30N2O6. The Morgan fingerprint density at radius 3 is 2.59 bits per heavy atom. The SMILES string of the molecule is O=C1[C@H]2[C@@H]3[C@@H](O)[C@H](O)CC(=NOCc4ccccc4)[C@@H]3CC[C@H]2C(=O)N1C[C@@H]1CCCO1. The standard InChI is InChI=1S/C24H30N2O6/c27-19-11-18(25-32-13-14-5-2-1-3-6-14)16-8-9-17-21(20(16)22(19)28)24(30)26(23(17)29)12-15-7-4-10-31-15/h1-3,5-6,15-17,19-22,27-28H,4,7-13H2/t15-,16-,17+,19+,20+,21+,22-/m0/s1. The first-order chi connectivity index (χ1) is 15.5. The van der Waals surface area contributed by atoms with Gasteiger partial charge in [-0.3, -0.25) is 14.5 Å². The first-order valence-electron chi connectivity index (χ1n) is 11.6. The topological polar surface area (TPSA) is 109 Å². The summed E-state index contributed by atoms with van der Waals surface area (Å²) in [6.45, 7) is 1.24. The Hall–Kier alpha value is -2.29. The quantitative estimate of drug-likeness (QED) is 0.528. The fourth-order valence-electron chi connectivity index (χ4n) is 5.98. The van der Waals surface area contributed by atoms with E-state index in [-0.39, 0.29) is 36.8 Å². The molecule has 7 atom stereocenters. The summed E-state index contributed by atoms with van der Waals surface area (Å²) in [7, 11) is 0. The number of rotatable bonds is 5. The van der Waals surface area contributed by atoms with Crippen molar-refractivity contribution in [1.29, 1.82) is 0 Å². The lowest BCUT2D eigenvalue weighted by atomic mass is 9.60. The van der Waals surface area contributed by atoms with E-state index in [1.54, 1.807) is 0 Å². The van der Waals surface area contributed by atoms with Gasteiger partial charge in [-0.2, -0.15) is 0 Å². The van der Waals surface area contributed by atoms with Crippen molar-refractivity contribution in [1.82, 2.24) is 4.90 Å². The monoisotopic (exact) mass is 442 g/mol. The zero-order valence-electron chi connectivity index (χ0n) is 18.0. The van der Waals surface area contributed by atoms with Crippen molar-refractivity contribution in [3.63, 3.8) is 0 Å². The maximum Gasteiger partial charge on any atom is 0.233 e. The summed E-state index contributed by atoms with van der Waals surface area (Å²) in [4.78, 5) is 33.3. The second-order valence-corrected chi connectivity index (χ2v) is 9.42. The molecule has 0 aromatic heterocycles. The number of aliphatic hydroxyl groups excluding tert-OH is 2. The van der Waals surface area contributed by atoms with Crippen molar-refractivity contribution in [3.8, 4) is 0 Å². The molecular weight excluding hydrogens is 412 g/mol. The molecule has 1 aromatic carbocycles. The molecule has 32 heavy (non-hydrogen) atoms. The molecule has 2 aliphatic carbocycles. The lowest BCUT2D eigenvalue weighted by molar-refractivity contribution is -0.143. The van der Waals surface area contributed by atoms with Crippen molar-refractivity contribution >= 4 is 17.5 Å². The minimum Gasteiger partial charge on any atom is -0.391 e. The van der Waals surface area contributed by atoms with Gasteiger partial charge in [-0.1, -0.05) is 35.5 Å². The molecule has 2 aliphatic heterocycles. The fraction of sp³-hybridized carbons (Fsp3) is 0.625. The van der Waals surface area contributed by atoms with Gasteiger partial charge in [0, 0.05) is 24.9 Å². The minimum atomic E-state index is -1.07. The summed E-state index contributed by atoms with van der Waals surface area (Å²) >= 11 is 0. The van der Waals surface area contributed by atoms with Crippen LogP contribution in [0.5, 0.6) is 0 Å². The van der Waals surface area contributed by atoms with Crippen molar-refractivity contribution in [2.45, 2.75) is 57.0 Å². The Morgan fingerprint density at radius 1 is 1.06 bits per heavy atom. The van der Waals surface area contributed by atoms with Gasteiger partial charge in [-0.25, -0.2) is 0 Å². The summed E-state index contributed by atoms with van der Waals surface area (Å²) in [6.07, 6.45) is 0.973. The predicted molar refractivity (Wildman–Crippen MR) is 114 cm³/mol. The molecule has 4 fully saturated rings. The van der Waals surface area contributed by atoms with Crippen LogP contribution in [-0.2, 0) is 25.8 Å². The normalized spacial score (nSPS) is 38.1. The molecule has 172 valence electrons. The van der Waals surface area contributed by atoms with Crippen LogP contribution in [0.15, 0.2) is 35.5 Å². The molecule has 8 nitrogen and oxygen atoms in total. The molecule has 2 saturated carbocycles. The van der Waals surface area contributed by atoms with E-state index in [1.807, 2.05) is 30.3 Å². The van der Waals surface area contributed by atoms with Crippen molar-refractivity contribution in [2.24, 2.45) is 28.8 Å². The van der Waals surface area contributed by atoms with Gasteiger partial charge in [0.15, 0.2) is 0 Å². The smallest absolute Gasteiger partial charge is 0.233 e. The number of oxime groups is 1. The number of imide groups is 1. The Morgan fingerprint density at radius 2 is 1.84 bits per heavy atom. The molecule has 8 heteroatoms. The van der Waals surface area contributed by atoms with E-state index in [0.29, 0.717) is 31.8 Å².